The Kier molecular flexibility index (Phi) is 4.84. The summed E-state index contributed by atoms with van der Waals surface area (Å²) in [6.45, 7) is 1.76. The number of halogens is 1. The van der Waals surface area contributed by atoms with Gasteiger partial charge in [-0.3, -0.25) is 14.2 Å². The Labute approximate surface area is 165 Å². The Balaban J connectivity index is 1.86. The minimum Gasteiger partial charge on any atom is -0.348 e. The Morgan fingerprint density at radius 3 is 2.55 bits per heavy atom. The molecule has 0 atom stereocenters. The number of hydrogen-bond donors (Lipinski definition) is 1. The van der Waals surface area contributed by atoms with Gasteiger partial charge in [0.15, 0.2) is 0 Å². The highest BCUT2D eigenvalue weighted by Crippen LogP contribution is 2.18. The number of aromatic nitrogens is 3. The zero-order chi connectivity index (χ0) is 20.5. The van der Waals surface area contributed by atoms with Crippen molar-refractivity contribution in [3.8, 4) is 5.69 Å². The summed E-state index contributed by atoms with van der Waals surface area (Å²) < 4.78 is 15.2. The molecule has 3 aromatic rings. The van der Waals surface area contributed by atoms with Crippen molar-refractivity contribution in [3.05, 3.63) is 92.0 Å². The molecule has 148 valence electrons. The first-order valence-electron chi connectivity index (χ1n) is 9.29. The largest absolute Gasteiger partial charge is 0.352 e. The van der Waals surface area contributed by atoms with Gasteiger partial charge in [0.1, 0.15) is 5.82 Å². The molecular formula is C21H19FN4O3. The fourth-order valence-electron chi connectivity index (χ4n) is 2.98. The van der Waals surface area contributed by atoms with E-state index in [2.05, 4.69) is 10.4 Å². The van der Waals surface area contributed by atoms with E-state index in [1.807, 2.05) is 13.0 Å². The molecule has 0 saturated heterocycles. The van der Waals surface area contributed by atoms with Gasteiger partial charge in [-0.15, -0.1) is 0 Å². The van der Waals surface area contributed by atoms with Gasteiger partial charge in [0.2, 0.25) is 5.69 Å². The van der Waals surface area contributed by atoms with Gasteiger partial charge in [-0.05, 0) is 55.2 Å². The highest BCUT2D eigenvalue weighted by molar-refractivity contribution is 5.92. The predicted molar refractivity (Wildman–Crippen MR) is 105 cm³/mol. The lowest BCUT2D eigenvalue weighted by Crippen LogP contribution is -2.46. The van der Waals surface area contributed by atoms with E-state index in [1.165, 1.54) is 24.3 Å². The van der Waals surface area contributed by atoms with Gasteiger partial charge in [0.05, 0.1) is 12.2 Å². The smallest absolute Gasteiger partial charge is 0.348 e. The van der Waals surface area contributed by atoms with Crippen molar-refractivity contribution in [1.82, 2.24) is 19.7 Å². The van der Waals surface area contributed by atoms with Gasteiger partial charge < -0.3 is 5.32 Å². The molecule has 1 heterocycles. The fraction of sp³-hybridized carbons (Fsp3) is 0.238. The summed E-state index contributed by atoms with van der Waals surface area (Å²) in [6.07, 6.45) is 1.71. The van der Waals surface area contributed by atoms with Gasteiger partial charge in [-0.1, -0.05) is 24.3 Å². The number of nitrogens with one attached hydrogen (secondary N) is 1. The zero-order valence-electron chi connectivity index (χ0n) is 15.8. The fourth-order valence-corrected chi connectivity index (χ4v) is 2.98. The first-order chi connectivity index (χ1) is 13.9. The summed E-state index contributed by atoms with van der Waals surface area (Å²) in [5.41, 5.74) is 0.107. The van der Waals surface area contributed by atoms with Gasteiger partial charge in [-0.2, -0.15) is 9.78 Å². The van der Waals surface area contributed by atoms with Crippen LogP contribution in [0, 0.1) is 12.7 Å². The quantitative estimate of drug-likeness (QED) is 0.715. The third kappa shape index (κ3) is 4.01. The maximum atomic E-state index is 13.2. The molecule has 0 bridgehead atoms. The van der Waals surface area contributed by atoms with Crippen molar-refractivity contribution in [2.45, 2.75) is 32.4 Å². The second-order valence-corrected chi connectivity index (χ2v) is 7.15. The maximum absolute atomic E-state index is 13.2. The molecule has 0 radical (unpaired) electrons. The molecule has 4 rings (SSSR count). The molecule has 1 aromatic heterocycles. The molecule has 1 saturated carbocycles. The molecule has 1 aliphatic rings. The van der Waals surface area contributed by atoms with Crippen molar-refractivity contribution in [2.75, 3.05) is 0 Å². The summed E-state index contributed by atoms with van der Waals surface area (Å²) >= 11 is 0. The van der Waals surface area contributed by atoms with E-state index in [9.17, 15) is 18.8 Å². The van der Waals surface area contributed by atoms with E-state index in [-0.39, 0.29) is 18.3 Å². The van der Waals surface area contributed by atoms with E-state index in [0.29, 0.717) is 11.3 Å². The highest BCUT2D eigenvalue weighted by Gasteiger charge is 2.27. The number of carbonyl (C=O) groups is 1. The van der Waals surface area contributed by atoms with Crippen molar-refractivity contribution < 1.29 is 9.18 Å². The third-order valence-electron chi connectivity index (χ3n) is 4.69. The van der Waals surface area contributed by atoms with Crippen LogP contribution in [-0.2, 0) is 6.54 Å². The number of aryl methyl sites for hydroxylation is 1. The summed E-state index contributed by atoms with van der Waals surface area (Å²) in [5.74, 6) is -1.02. The summed E-state index contributed by atoms with van der Waals surface area (Å²) in [7, 11) is 0. The Bertz CT molecular complexity index is 1190. The van der Waals surface area contributed by atoms with Crippen molar-refractivity contribution in [1.29, 1.82) is 0 Å². The molecule has 2 aromatic carbocycles. The van der Waals surface area contributed by atoms with Gasteiger partial charge >= 0.3 is 5.69 Å². The molecule has 0 aliphatic heterocycles. The maximum Gasteiger partial charge on any atom is 0.352 e. The number of nitrogens with zero attached hydrogens (tertiary/aromatic N) is 3. The Morgan fingerprint density at radius 2 is 1.90 bits per heavy atom. The van der Waals surface area contributed by atoms with Crippen molar-refractivity contribution in [3.63, 3.8) is 0 Å². The minimum atomic E-state index is -0.777. The van der Waals surface area contributed by atoms with E-state index in [4.69, 9.17) is 0 Å². The number of amides is 1. The van der Waals surface area contributed by atoms with Gasteiger partial charge in [-0.25, -0.2) is 9.18 Å². The average molecular weight is 394 g/mol. The van der Waals surface area contributed by atoms with Crippen LogP contribution in [-0.4, -0.2) is 26.3 Å². The van der Waals surface area contributed by atoms with Crippen LogP contribution in [0.3, 0.4) is 0 Å². The normalized spacial score (nSPS) is 13.3. The van der Waals surface area contributed by atoms with E-state index in [1.54, 1.807) is 18.2 Å². The average Bonchev–Trinajstić information content (AvgIpc) is 3.50. The molecule has 1 N–H and O–H groups in total. The van der Waals surface area contributed by atoms with Crippen molar-refractivity contribution >= 4 is 5.91 Å². The molecule has 7 nitrogen and oxygen atoms in total. The van der Waals surface area contributed by atoms with Crippen molar-refractivity contribution in [2.24, 2.45) is 0 Å². The highest BCUT2D eigenvalue weighted by atomic mass is 19.1. The zero-order valence-corrected chi connectivity index (χ0v) is 15.8. The SMILES string of the molecule is Cc1cccc(-n2nc(C(=O)NC3CC3)c(=O)n(Cc3ccc(F)cc3)c2=O)c1. The van der Waals surface area contributed by atoms with Crippen LogP contribution >= 0.6 is 0 Å². The van der Waals surface area contributed by atoms with Crippen LogP contribution in [0.2, 0.25) is 0 Å². The Hall–Kier alpha value is -3.55. The number of benzene rings is 2. The number of carbonyl (C=O) groups excluding carboxylic acids is 1. The summed E-state index contributed by atoms with van der Waals surface area (Å²) in [6, 6.07) is 12.6. The van der Waals surface area contributed by atoms with Crippen LogP contribution in [0.15, 0.2) is 58.1 Å². The molecule has 0 unspecified atom stereocenters. The molecule has 0 spiro atoms. The van der Waals surface area contributed by atoms with E-state index < -0.39 is 23.0 Å². The first kappa shape index (κ1) is 18.8. The summed E-state index contributed by atoms with van der Waals surface area (Å²) in [5, 5.41) is 6.82. The number of rotatable bonds is 5. The van der Waals surface area contributed by atoms with Gasteiger partial charge in [0.25, 0.3) is 11.5 Å². The second-order valence-electron chi connectivity index (χ2n) is 7.15. The minimum absolute atomic E-state index is 0.0357. The third-order valence-corrected chi connectivity index (χ3v) is 4.69. The van der Waals surface area contributed by atoms with Crippen LogP contribution in [0.4, 0.5) is 4.39 Å². The van der Waals surface area contributed by atoms with E-state index in [0.717, 1.165) is 27.7 Å². The lowest BCUT2D eigenvalue weighted by Gasteiger charge is -2.12. The monoisotopic (exact) mass is 394 g/mol. The predicted octanol–water partition coefficient (Wildman–Crippen LogP) is 1.78. The molecule has 8 heteroatoms. The lowest BCUT2D eigenvalue weighted by atomic mass is 10.2. The summed E-state index contributed by atoms with van der Waals surface area (Å²) in [4.78, 5) is 38.5. The molecule has 1 aliphatic carbocycles. The van der Waals surface area contributed by atoms with Crippen LogP contribution in [0.25, 0.3) is 5.69 Å². The van der Waals surface area contributed by atoms with Gasteiger partial charge in [0, 0.05) is 6.04 Å². The second kappa shape index (κ2) is 7.46. The Morgan fingerprint density at radius 1 is 1.17 bits per heavy atom. The van der Waals surface area contributed by atoms with Crippen LogP contribution in [0.5, 0.6) is 0 Å². The van der Waals surface area contributed by atoms with Crippen LogP contribution in [0.1, 0.15) is 34.5 Å². The molecule has 1 amide bonds. The lowest BCUT2D eigenvalue weighted by molar-refractivity contribution is 0.0941. The first-order valence-corrected chi connectivity index (χ1v) is 9.29. The topological polar surface area (TPSA) is 86.0 Å². The molecular weight excluding hydrogens is 375 g/mol. The molecule has 29 heavy (non-hydrogen) atoms. The number of hydrogen-bond acceptors (Lipinski definition) is 4. The molecule has 1 fully saturated rings. The van der Waals surface area contributed by atoms with Crippen LogP contribution < -0.4 is 16.6 Å². The standard InChI is InChI=1S/C21H19FN4O3/c1-13-3-2-4-17(11-13)26-21(29)25(12-14-5-7-15(22)8-6-14)20(28)18(24-26)19(27)23-16-9-10-16/h2-8,11,16H,9-10,12H2,1H3,(H,23,27). The van der Waals surface area contributed by atoms with E-state index >= 15 is 0 Å².